The fourth-order valence-electron chi connectivity index (χ4n) is 1.77. The van der Waals surface area contributed by atoms with Crippen molar-refractivity contribution in [3.05, 3.63) is 28.5 Å². The predicted octanol–water partition coefficient (Wildman–Crippen LogP) is 3.43. The molecule has 1 fully saturated rings. The Hall–Kier alpha value is -0.610. The van der Waals surface area contributed by atoms with Crippen molar-refractivity contribution in [1.29, 1.82) is 0 Å². The molecule has 16 heavy (non-hydrogen) atoms. The van der Waals surface area contributed by atoms with Gasteiger partial charge in [-0.1, -0.05) is 0 Å². The lowest BCUT2D eigenvalue weighted by atomic mass is 10.2. The quantitative estimate of drug-likeness (QED) is 0.896. The summed E-state index contributed by atoms with van der Waals surface area (Å²) < 4.78 is 19.0. The van der Waals surface area contributed by atoms with Gasteiger partial charge in [-0.05, 0) is 52.9 Å². The van der Waals surface area contributed by atoms with E-state index >= 15 is 0 Å². The molecule has 1 saturated carbocycles. The fourth-order valence-corrected chi connectivity index (χ4v) is 2.02. The number of anilines is 1. The van der Waals surface area contributed by atoms with E-state index < -0.39 is 0 Å². The Labute approximate surface area is 103 Å². The number of benzene rings is 1. The van der Waals surface area contributed by atoms with Crippen LogP contribution >= 0.6 is 15.9 Å². The Balaban J connectivity index is 2.03. The second-order valence-corrected chi connectivity index (χ2v) is 5.03. The minimum Gasteiger partial charge on any atom is -0.383 e. The van der Waals surface area contributed by atoms with Gasteiger partial charge in [-0.25, -0.2) is 4.39 Å². The summed E-state index contributed by atoms with van der Waals surface area (Å²) >= 11 is 3.14. The highest BCUT2D eigenvalue weighted by molar-refractivity contribution is 9.10. The normalized spacial score (nSPS) is 17.2. The molecule has 2 nitrogen and oxygen atoms in total. The summed E-state index contributed by atoms with van der Waals surface area (Å²) in [5.41, 5.74) is 0.814. The number of ether oxygens (including phenoxy) is 1. The largest absolute Gasteiger partial charge is 0.383 e. The molecule has 0 bridgehead atoms. The fraction of sp³-hybridized carbons (Fsp3) is 0.500. The minimum atomic E-state index is -0.239. The van der Waals surface area contributed by atoms with Gasteiger partial charge in [0.05, 0.1) is 17.1 Å². The van der Waals surface area contributed by atoms with Gasteiger partial charge in [0.2, 0.25) is 0 Å². The Kier molecular flexibility index (Phi) is 3.82. The first kappa shape index (κ1) is 11.9. The zero-order valence-corrected chi connectivity index (χ0v) is 10.8. The first-order chi connectivity index (χ1) is 7.70. The standard InChI is InChI=1S/C12H15BrFNO/c1-16-7-12(8-2-3-8)15-9-4-5-10(13)11(14)6-9/h4-6,8,12,15H,2-3,7H2,1H3. The van der Waals surface area contributed by atoms with Crippen LogP contribution in [0.15, 0.2) is 22.7 Å². The van der Waals surface area contributed by atoms with Crippen LogP contribution in [0.5, 0.6) is 0 Å². The van der Waals surface area contributed by atoms with E-state index in [1.165, 1.54) is 18.9 Å². The molecule has 1 atom stereocenters. The third kappa shape index (κ3) is 2.95. The van der Waals surface area contributed by atoms with Crippen molar-refractivity contribution in [2.75, 3.05) is 19.0 Å². The van der Waals surface area contributed by atoms with Crippen molar-refractivity contribution in [3.63, 3.8) is 0 Å². The number of hydrogen-bond acceptors (Lipinski definition) is 2. The topological polar surface area (TPSA) is 21.3 Å². The van der Waals surface area contributed by atoms with E-state index in [0.717, 1.165) is 5.69 Å². The SMILES string of the molecule is COCC(Nc1ccc(Br)c(F)c1)C1CC1. The zero-order valence-electron chi connectivity index (χ0n) is 9.17. The van der Waals surface area contributed by atoms with Crippen molar-refractivity contribution in [3.8, 4) is 0 Å². The molecule has 1 N–H and O–H groups in total. The van der Waals surface area contributed by atoms with Crippen molar-refractivity contribution < 1.29 is 9.13 Å². The molecule has 0 heterocycles. The van der Waals surface area contributed by atoms with Crippen LogP contribution in [0.3, 0.4) is 0 Å². The van der Waals surface area contributed by atoms with E-state index in [0.29, 0.717) is 23.0 Å². The maximum atomic E-state index is 13.3. The Morgan fingerprint density at radius 2 is 2.31 bits per heavy atom. The van der Waals surface area contributed by atoms with Gasteiger partial charge in [0.1, 0.15) is 5.82 Å². The molecule has 1 aromatic rings. The maximum absolute atomic E-state index is 13.3. The van der Waals surface area contributed by atoms with E-state index in [1.807, 2.05) is 6.07 Å². The lowest BCUT2D eigenvalue weighted by Crippen LogP contribution is -2.27. The molecule has 2 rings (SSSR count). The van der Waals surface area contributed by atoms with Gasteiger partial charge >= 0.3 is 0 Å². The average molecular weight is 288 g/mol. The van der Waals surface area contributed by atoms with Crippen LogP contribution in [0.1, 0.15) is 12.8 Å². The molecule has 0 aliphatic heterocycles. The molecule has 1 unspecified atom stereocenters. The number of hydrogen-bond donors (Lipinski definition) is 1. The summed E-state index contributed by atoms with van der Waals surface area (Å²) in [6.07, 6.45) is 2.47. The summed E-state index contributed by atoms with van der Waals surface area (Å²) in [5, 5.41) is 3.32. The van der Waals surface area contributed by atoms with Crippen LogP contribution in [0.4, 0.5) is 10.1 Å². The van der Waals surface area contributed by atoms with Gasteiger partial charge in [-0.15, -0.1) is 0 Å². The molecule has 0 radical (unpaired) electrons. The summed E-state index contributed by atoms with van der Waals surface area (Å²) in [6.45, 7) is 0.669. The summed E-state index contributed by atoms with van der Waals surface area (Å²) in [7, 11) is 1.69. The third-order valence-corrected chi connectivity index (χ3v) is 3.45. The van der Waals surface area contributed by atoms with E-state index in [4.69, 9.17) is 4.74 Å². The molecule has 88 valence electrons. The molecule has 1 aromatic carbocycles. The van der Waals surface area contributed by atoms with Crippen LogP contribution in [0.25, 0.3) is 0 Å². The highest BCUT2D eigenvalue weighted by atomic mass is 79.9. The molecule has 1 aliphatic rings. The summed E-state index contributed by atoms with van der Waals surface area (Å²) in [6, 6.07) is 5.40. The lowest BCUT2D eigenvalue weighted by Gasteiger charge is -2.18. The number of rotatable bonds is 5. The van der Waals surface area contributed by atoms with Crippen LogP contribution in [-0.2, 0) is 4.74 Å². The molecule has 0 saturated heterocycles. The Bertz CT molecular complexity index is 368. The second kappa shape index (κ2) is 5.15. The van der Waals surface area contributed by atoms with Crippen molar-refractivity contribution >= 4 is 21.6 Å². The predicted molar refractivity (Wildman–Crippen MR) is 66.1 cm³/mol. The van der Waals surface area contributed by atoms with Crippen molar-refractivity contribution in [2.45, 2.75) is 18.9 Å². The smallest absolute Gasteiger partial charge is 0.139 e. The number of halogens is 2. The first-order valence-electron chi connectivity index (χ1n) is 5.41. The molecule has 0 spiro atoms. The van der Waals surface area contributed by atoms with Gasteiger partial charge in [0, 0.05) is 12.8 Å². The zero-order chi connectivity index (χ0) is 11.5. The van der Waals surface area contributed by atoms with Crippen molar-refractivity contribution in [2.24, 2.45) is 5.92 Å². The summed E-state index contributed by atoms with van der Waals surface area (Å²) in [4.78, 5) is 0. The number of nitrogens with one attached hydrogen (secondary N) is 1. The van der Waals surface area contributed by atoms with Gasteiger partial charge < -0.3 is 10.1 Å². The number of methoxy groups -OCH3 is 1. The molecule has 1 aliphatic carbocycles. The van der Waals surface area contributed by atoms with Gasteiger partial charge in [0.25, 0.3) is 0 Å². The average Bonchev–Trinajstić information content (AvgIpc) is 3.06. The van der Waals surface area contributed by atoms with Gasteiger partial charge in [-0.3, -0.25) is 0 Å². The molecule has 0 amide bonds. The van der Waals surface area contributed by atoms with Crippen LogP contribution < -0.4 is 5.32 Å². The van der Waals surface area contributed by atoms with Crippen molar-refractivity contribution in [1.82, 2.24) is 0 Å². The molecular weight excluding hydrogens is 273 g/mol. The third-order valence-electron chi connectivity index (χ3n) is 2.81. The van der Waals surface area contributed by atoms with Crippen LogP contribution in [-0.4, -0.2) is 19.8 Å². The Morgan fingerprint density at radius 1 is 1.56 bits per heavy atom. The van der Waals surface area contributed by atoms with Crippen LogP contribution in [0, 0.1) is 11.7 Å². The van der Waals surface area contributed by atoms with E-state index in [2.05, 4.69) is 21.2 Å². The van der Waals surface area contributed by atoms with Gasteiger partial charge in [0.15, 0.2) is 0 Å². The molecule has 4 heteroatoms. The monoisotopic (exact) mass is 287 g/mol. The second-order valence-electron chi connectivity index (χ2n) is 4.17. The highest BCUT2D eigenvalue weighted by Crippen LogP contribution is 2.34. The van der Waals surface area contributed by atoms with Crippen LogP contribution in [0.2, 0.25) is 0 Å². The first-order valence-corrected chi connectivity index (χ1v) is 6.20. The van der Waals surface area contributed by atoms with E-state index in [-0.39, 0.29) is 5.82 Å². The molecular formula is C12H15BrFNO. The lowest BCUT2D eigenvalue weighted by molar-refractivity contribution is 0.179. The van der Waals surface area contributed by atoms with Gasteiger partial charge in [-0.2, -0.15) is 0 Å². The maximum Gasteiger partial charge on any atom is 0.139 e. The van der Waals surface area contributed by atoms with E-state index in [1.54, 1.807) is 13.2 Å². The van der Waals surface area contributed by atoms with E-state index in [9.17, 15) is 4.39 Å². The molecule has 0 aromatic heterocycles. The minimum absolute atomic E-state index is 0.239. The highest BCUT2D eigenvalue weighted by Gasteiger charge is 2.31. The Morgan fingerprint density at radius 3 is 2.88 bits per heavy atom. The summed E-state index contributed by atoms with van der Waals surface area (Å²) in [5.74, 6) is 0.434.